The lowest BCUT2D eigenvalue weighted by Crippen LogP contribution is -2.02. The summed E-state index contributed by atoms with van der Waals surface area (Å²) in [6.07, 6.45) is 0. The lowest BCUT2D eigenvalue weighted by Gasteiger charge is -2.10. The van der Waals surface area contributed by atoms with Gasteiger partial charge in [0.2, 0.25) is 5.28 Å². The molecule has 0 radical (unpaired) electrons. The summed E-state index contributed by atoms with van der Waals surface area (Å²) >= 11 is 11.7. The molecule has 0 saturated heterocycles. The van der Waals surface area contributed by atoms with Crippen LogP contribution < -0.4 is 4.74 Å². The van der Waals surface area contributed by atoms with Crippen LogP contribution >= 0.6 is 23.2 Å². The molecule has 0 N–H and O–H groups in total. The van der Waals surface area contributed by atoms with Gasteiger partial charge in [-0.3, -0.25) is 10.1 Å². The van der Waals surface area contributed by atoms with Gasteiger partial charge in [-0.1, -0.05) is 11.6 Å². The summed E-state index contributed by atoms with van der Waals surface area (Å²) in [6, 6.07) is 4.75. The molecular formula is C12H9Cl2N3O3. The molecule has 20 heavy (non-hydrogen) atoms. The van der Waals surface area contributed by atoms with Crippen LogP contribution in [0.4, 0.5) is 5.69 Å². The number of nitro groups is 1. The Hall–Kier alpha value is -1.92. The van der Waals surface area contributed by atoms with E-state index in [1.165, 1.54) is 20.1 Å². The quantitative estimate of drug-likeness (QED) is 0.490. The van der Waals surface area contributed by atoms with Crippen LogP contribution in [0.3, 0.4) is 0 Å². The minimum absolute atomic E-state index is 0.0758. The Morgan fingerprint density at radius 2 is 2.00 bits per heavy atom. The summed E-state index contributed by atoms with van der Waals surface area (Å²) in [5.74, 6) is 0.409. The molecule has 0 aliphatic rings. The summed E-state index contributed by atoms with van der Waals surface area (Å²) < 4.78 is 5.18. The van der Waals surface area contributed by atoms with Crippen LogP contribution in [-0.4, -0.2) is 22.0 Å². The van der Waals surface area contributed by atoms with Gasteiger partial charge < -0.3 is 4.74 Å². The molecule has 0 fully saturated rings. The van der Waals surface area contributed by atoms with Crippen molar-refractivity contribution in [1.82, 2.24) is 9.97 Å². The van der Waals surface area contributed by atoms with E-state index in [1.54, 1.807) is 12.1 Å². The van der Waals surface area contributed by atoms with Crippen LogP contribution in [0, 0.1) is 17.0 Å². The molecule has 6 nitrogen and oxygen atoms in total. The number of nitrogens with zero attached hydrogens (tertiary/aromatic N) is 3. The number of ether oxygens (including phenoxy) is 1. The fourth-order valence-electron chi connectivity index (χ4n) is 1.80. The van der Waals surface area contributed by atoms with Crippen molar-refractivity contribution in [3.05, 3.63) is 44.3 Å². The molecule has 1 heterocycles. The number of methoxy groups -OCH3 is 1. The van der Waals surface area contributed by atoms with Gasteiger partial charge in [-0.2, -0.15) is 0 Å². The summed E-state index contributed by atoms with van der Waals surface area (Å²) in [6.45, 7) is 1.49. The molecule has 0 unspecified atom stereocenters. The maximum absolute atomic E-state index is 11.2. The van der Waals surface area contributed by atoms with Crippen LogP contribution in [0.2, 0.25) is 10.3 Å². The maximum Gasteiger partial charge on any atom is 0.316 e. The SMILES string of the molecule is COc1ccc(Cl)cc1-c1nc(Cl)nc(C)c1[N+](=O)[O-]. The van der Waals surface area contributed by atoms with E-state index in [0.29, 0.717) is 16.3 Å². The third-order valence-corrected chi connectivity index (χ3v) is 3.03. The number of rotatable bonds is 3. The smallest absolute Gasteiger partial charge is 0.316 e. The predicted molar refractivity (Wildman–Crippen MR) is 75.4 cm³/mol. The van der Waals surface area contributed by atoms with Gasteiger partial charge in [0, 0.05) is 5.02 Å². The van der Waals surface area contributed by atoms with E-state index in [1.807, 2.05) is 0 Å². The second-order valence-corrected chi connectivity index (χ2v) is 4.65. The van der Waals surface area contributed by atoms with E-state index in [4.69, 9.17) is 27.9 Å². The minimum atomic E-state index is -0.554. The van der Waals surface area contributed by atoms with Crippen LogP contribution in [0.15, 0.2) is 18.2 Å². The van der Waals surface area contributed by atoms with Gasteiger partial charge >= 0.3 is 5.69 Å². The zero-order valence-electron chi connectivity index (χ0n) is 10.6. The zero-order valence-corrected chi connectivity index (χ0v) is 12.1. The first kappa shape index (κ1) is 14.5. The number of halogens is 2. The normalized spacial score (nSPS) is 10.4. The van der Waals surface area contributed by atoms with E-state index < -0.39 is 4.92 Å². The van der Waals surface area contributed by atoms with Crippen LogP contribution in [-0.2, 0) is 0 Å². The van der Waals surface area contributed by atoms with Gasteiger partial charge in [0.25, 0.3) is 0 Å². The molecule has 8 heteroatoms. The number of hydrogen-bond acceptors (Lipinski definition) is 5. The molecule has 0 atom stereocenters. The van der Waals surface area contributed by atoms with Crippen LogP contribution in [0.5, 0.6) is 5.75 Å². The number of benzene rings is 1. The molecule has 0 aliphatic carbocycles. The van der Waals surface area contributed by atoms with E-state index >= 15 is 0 Å². The third-order valence-electron chi connectivity index (χ3n) is 2.63. The van der Waals surface area contributed by atoms with Crippen molar-refractivity contribution >= 4 is 28.9 Å². The second kappa shape index (κ2) is 5.60. The van der Waals surface area contributed by atoms with Crippen molar-refractivity contribution in [2.45, 2.75) is 6.92 Å². The molecule has 0 saturated carbocycles. The first-order chi connectivity index (χ1) is 9.43. The zero-order chi connectivity index (χ0) is 14.9. The van der Waals surface area contributed by atoms with Crippen molar-refractivity contribution < 1.29 is 9.66 Å². The maximum atomic E-state index is 11.2. The molecule has 0 aliphatic heterocycles. The van der Waals surface area contributed by atoms with Gasteiger partial charge in [-0.05, 0) is 36.7 Å². The van der Waals surface area contributed by atoms with Crippen LogP contribution in [0.25, 0.3) is 11.3 Å². The molecule has 0 spiro atoms. The van der Waals surface area contributed by atoms with E-state index in [-0.39, 0.29) is 22.4 Å². The Morgan fingerprint density at radius 1 is 1.30 bits per heavy atom. The van der Waals surface area contributed by atoms with E-state index in [2.05, 4.69) is 9.97 Å². The van der Waals surface area contributed by atoms with E-state index in [0.717, 1.165) is 0 Å². The topological polar surface area (TPSA) is 78.2 Å². The third kappa shape index (κ3) is 2.66. The lowest BCUT2D eigenvalue weighted by molar-refractivity contribution is -0.385. The highest BCUT2D eigenvalue weighted by Gasteiger charge is 2.25. The van der Waals surface area contributed by atoms with Crippen LogP contribution in [0.1, 0.15) is 5.69 Å². The second-order valence-electron chi connectivity index (χ2n) is 3.88. The summed E-state index contributed by atoms with van der Waals surface area (Å²) in [7, 11) is 1.45. The largest absolute Gasteiger partial charge is 0.496 e. The van der Waals surface area contributed by atoms with Crippen molar-refractivity contribution in [1.29, 1.82) is 0 Å². The van der Waals surface area contributed by atoms with Crippen molar-refractivity contribution in [2.24, 2.45) is 0 Å². The van der Waals surface area contributed by atoms with Gasteiger partial charge in [0.05, 0.1) is 17.6 Å². The monoisotopic (exact) mass is 313 g/mol. The van der Waals surface area contributed by atoms with E-state index in [9.17, 15) is 10.1 Å². The van der Waals surface area contributed by atoms with Gasteiger partial charge in [-0.15, -0.1) is 0 Å². The highest BCUT2D eigenvalue weighted by Crippen LogP contribution is 2.38. The number of hydrogen-bond donors (Lipinski definition) is 0. The molecule has 0 amide bonds. The highest BCUT2D eigenvalue weighted by molar-refractivity contribution is 6.31. The Bertz CT molecular complexity index is 692. The Labute approximate surface area is 124 Å². The van der Waals surface area contributed by atoms with Gasteiger partial charge in [0.1, 0.15) is 11.4 Å². The number of aryl methyl sites for hydroxylation is 1. The fraction of sp³-hybridized carbons (Fsp3) is 0.167. The van der Waals surface area contributed by atoms with Crippen molar-refractivity contribution in [3.8, 4) is 17.0 Å². The van der Waals surface area contributed by atoms with Gasteiger partial charge in [-0.25, -0.2) is 9.97 Å². The Morgan fingerprint density at radius 3 is 2.60 bits per heavy atom. The average Bonchev–Trinajstić information content (AvgIpc) is 2.37. The highest BCUT2D eigenvalue weighted by atomic mass is 35.5. The summed E-state index contributed by atoms with van der Waals surface area (Å²) in [4.78, 5) is 18.4. The predicted octanol–water partition coefficient (Wildman–Crippen LogP) is 3.68. The fourth-order valence-corrected chi connectivity index (χ4v) is 2.19. The molecule has 104 valence electrons. The summed E-state index contributed by atoms with van der Waals surface area (Å²) in [5, 5.41) is 11.5. The Balaban J connectivity index is 2.81. The number of aromatic nitrogens is 2. The molecule has 1 aromatic heterocycles. The standard InChI is InChI=1S/C12H9Cl2N3O3/c1-6-11(17(18)19)10(16-12(14)15-6)8-5-7(13)3-4-9(8)20-2/h3-5H,1-2H3. The van der Waals surface area contributed by atoms with Crippen molar-refractivity contribution in [2.75, 3.05) is 7.11 Å². The Kier molecular flexibility index (Phi) is 4.06. The molecule has 0 bridgehead atoms. The molecule has 2 rings (SSSR count). The first-order valence-electron chi connectivity index (χ1n) is 5.46. The van der Waals surface area contributed by atoms with Crippen molar-refractivity contribution in [3.63, 3.8) is 0 Å². The lowest BCUT2D eigenvalue weighted by atomic mass is 10.1. The molecule has 1 aromatic carbocycles. The first-order valence-corrected chi connectivity index (χ1v) is 6.22. The average molecular weight is 314 g/mol. The minimum Gasteiger partial charge on any atom is -0.496 e. The summed E-state index contributed by atoms with van der Waals surface area (Å²) in [5.41, 5.74) is 0.410. The van der Waals surface area contributed by atoms with Gasteiger partial charge in [0.15, 0.2) is 5.69 Å². The molecule has 2 aromatic rings. The molecular weight excluding hydrogens is 305 g/mol.